The number of rotatable bonds is 9. The molecule has 242 valence electrons. The first-order valence-electron chi connectivity index (χ1n) is 12.9. The molecule has 2 aliphatic heterocycles. The quantitative estimate of drug-likeness (QED) is 0.155. The number of hydrogen-bond donors (Lipinski definition) is 9. The number of phenolic OH excluding ortho intramolecular Hbond substituents is 3. The number of ether oxygens (including phenoxy) is 4. The summed E-state index contributed by atoms with van der Waals surface area (Å²) in [7, 11) is 0. The molecular weight excluding hydrogens is 619 g/mol. The Morgan fingerprint density at radius 3 is 2.00 bits per heavy atom. The van der Waals surface area contributed by atoms with Gasteiger partial charge in [0.1, 0.15) is 65.2 Å². The molecule has 2 fully saturated rings. The summed E-state index contributed by atoms with van der Waals surface area (Å²) < 4.78 is 22.2. The van der Waals surface area contributed by atoms with E-state index >= 15 is 0 Å². The predicted octanol–water partition coefficient (Wildman–Crippen LogP) is -0.507. The Morgan fingerprint density at radius 2 is 1.42 bits per heavy atom. The second-order valence-corrected chi connectivity index (χ2v) is 10.0. The molecule has 4 rings (SSSR count). The summed E-state index contributed by atoms with van der Waals surface area (Å²) in [4.78, 5) is 12.7. The maximum atomic E-state index is 12.7. The Morgan fingerprint density at radius 1 is 0.814 bits per heavy atom. The van der Waals surface area contributed by atoms with Crippen molar-refractivity contribution in [1.82, 2.24) is 0 Å². The highest BCUT2D eigenvalue weighted by Crippen LogP contribution is 2.36. The number of aromatic hydroxyl groups is 3. The number of halogens is 2. The van der Waals surface area contributed by atoms with Gasteiger partial charge < -0.3 is 64.9 Å². The molecule has 2 aromatic rings. The van der Waals surface area contributed by atoms with E-state index in [1.807, 2.05) is 0 Å². The number of carbonyl (C=O) groups is 1. The number of carbonyl (C=O) groups excluding carboxylic acids is 1. The fraction of sp³-hybridized carbons (Fsp3) is 0.519. The molecular formula is C27H36Cl2O14. The topological polar surface area (TPSA) is 236 Å². The Kier molecular flexibility index (Phi) is 13.2. The van der Waals surface area contributed by atoms with Crippen LogP contribution in [0.2, 0.25) is 0 Å². The van der Waals surface area contributed by atoms with Crippen molar-refractivity contribution in [3.63, 3.8) is 0 Å². The number of aliphatic hydroxyl groups excluding tert-OH is 6. The molecule has 0 saturated carbocycles. The lowest BCUT2D eigenvalue weighted by Gasteiger charge is -2.45. The van der Waals surface area contributed by atoms with Crippen molar-refractivity contribution in [2.45, 2.75) is 81.2 Å². The lowest BCUT2D eigenvalue weighted by molar-refractivity contribution is -0.354. The second kappa shape index (κ2) is 15.5. The van der Waals surface area contributed by atoms with E-state index in [1.54, 1.807) is 12.1 Å². The van der Waals surface area contributed by atoms with Gasteiger partial charge in [-0.15, -0.1) is 24.8 Å². The molecule has 0 radical (unpaired) electrons. The van der Waals surface area contributed by atoms with E-state index in [0.717, 1.165) is 17.7 Å². The minimum atomic E-state index is -1.77. The average Bonchev–Trinajstić information content (AvgIpc) is 2.93. The van der Waals surface area contributed by atoms with Gasteiger partial charge in [0.05, 0.1) is 12.7 Å². The number of ketones is 1. The van der Waals surface area contributed by atoms with Crippen molar-refractivity contribution in [1.29, 1.82) is 0 Å². The van der Waals surface area contributed by atoms with Crippen LogP contribution in [0.15, 0.2) is 36.4 Å². The summed E-state index contributed by atoms with van der Waals surface area (Å²) in [5.41, 5.74) is 0.385. The first-order valence-corrected chi connectivity index (χ1v) is 12.9. The van der Waals surface area contributed by atoms with Crippen LogP contribution < -0.4 is 4.74 Å². The van der Waals surface area contributed by atoms with Crippen LogP contribution in [0.25, 0.3) is 0 Å². The van der Waals surface area contributed by atoms with Gasteiger partial charge in [0.25, 0.3) is 0 Å². The molecule has 2 aliphatic rings. The van der Waals surface area contributed by atoms with Crippen LogP contribution in [-0.2, 0) is 20.6 Å². The highest BCUT2D eigenvalue weighted by molar-refractivity contribution is 6.01. The first kappa shape index (κ1) is 36.7. The fourth-order valence-corrected chi connectivity index (χ4v) is 4.70. The van der Waals surface area contributed by atoms with E-state index in [1.165, 1.54) is 19.1 Å². The van der Waals surface area contributed by atoms with Crippen LogP contribution in [0, 0.1) is 0 Å². The molecule has 0 bridgehead atoms. The van der Waals surface area contributed by atoms with E-state index in [0.29, 0.717) is 0 Å². The molecule has 9 N–H and O–H groups in total. The van der Waals surface area contributed by atoms with Gasteiger partial charge in [0, 0.05) is 18.6 Å². The monoisotopic (exact) mass is 654 g/mol. The van der Waals surface area contributed by atoms with E-state index in [-0.39, 0.29) is 54.7 Å². The minimum absolute atomic E-state index is 0. The molecule has 43 heavy (non-hydrogen) atoms. The number of benzene rings is 2. The highest BCUT2D eigenvalue weighted by Gasteiger charge is 2.51. The predicted molar refractivity (Wildman–Crippen MR) is 151 cm³/mol. The van der Waals surface area contributed by atoms with Gasteiger partial charge >= 0.3 is 0 Å². The largest absolute Gasteiger partial charge is 0.508 e. The smallest absolute Gasteiger partial charge is 0.229 e. The average molecular weight is 655 g/mol. The normalized spacial score (nSPS) is 32.3. The Hall–Kier alpha value is -2.47. The van der Waals surface area contributed by atoms with Crippen LogP contribution >= 0.6 is 24.8 Å². The fourth-order valence-electron chi connectivity index (χ4n) is 4.70. The summed E-state index contributed by atoms with van der Waals surface area (Å²) in [6.45, 7) is 0.675. The standard InChI is InChI=1S/C27H34O14.2ClH/c1-11-20(33)22(35)24(37)26(38-11)41-25-23(36)21(34)18(10-28)40-27(25)39-14-8-16(31)19(17(32)9-14)15(30)7-4-12-2-5-13(29)6-3-12;;/h2-3,5-6,8-9,11,18,20-29,31-37H,4,7,10H2,1H3;2*1H. The van der Waals surface area contributed by atoms with Crippen molar-refractivity contribution in [3.8, 4) is 23.0 Å². The van der Waals surface area contributed by atoms with E-state index < -0.39 is 85.3 Å². The molecule has 0 aromatic heterocycles. The van der Waals surface area contributed by atoms with Crippen molar-refractivity contribution in [2.75, 3.05) is 6.61 Å². The number of phenols is 3. The summed E-state index contributed by atoms with van der Waals surface area (Å²) in [6.07, 6.45) is -15.3. The third kappa shape index (κ3) is 8.17. The Balaban J connectivity index is 0.00000323. The van der Waals surface area contributed by atoms with E-state index in [2.05, 4.69) is 0 Å². The first-order chi connectivity index (χ1) is 19.4. The molecule has 2 saturated heterocycles. The maximum Gasteiger partial charge on any atom is 0.229 e. The second-order valence-electron chi connectivity index (χ2n) is 10.0. The molecule has 10 unspecified atom stereocenters. The van der Waals surface area contributed by atoms with E-state index in [9.17, 15) is 50.8 Å². The van der Waals surface area contributed by atoms with Gasteiger partial charge in [-0.2, -0.15) is 0 Å². The zero-order chi connectivity index (χ0) is 30.0. The molecule has 16 heteroatoms. The lowest BCUT2D eigenvalue weighted by atomic mass is 9.97. The lowest BCUT2D eigenvalue weighted by Crippen LogP contribution is -2.64. The van der Waals surface area contributed by atoms with Crippen molar-refractivity contribution in [2.24, 2.45) is 0 Å². The number of hydrogen-bond acceptors (Lipinski definition) is 14. The zero-order valence-corrected chi connectivity index (χ0v) is 24.4. The summed E-state index contributed by atoms with van der Waals surface area (Å²) in [5.74, 6) is -2.00. The third-order valence-corrected chi connectivity index (χ3v) is 7.10. The van der Waals surface area contributed by atoms with Gasteiger partial charge in [0.2, 0.25) is 6.29 Å². The van der Waals surface area contributed by atoms with Gasteiger partial charge in [-0.25, -0.2) is 0 Å². The summed E-state index contributed by atoms with van der Waals surface area (Å²) in [5, 5.41) is 91.5. The van der Waals surface area contributed by atoms with Crippen LogP contribution in [0.5, 0.6) is 23.0 Å². The maximum absolute atomic E-state index is 12.7. The van der Waals surface area contributed by atoms with Crippen molar-refractivity contribution >= 4 is 30.6 Å². The van der Waals surface area contributed by atoms with Crippen molar-refractivity contribution < 1.29 is 69.7 Å². The van der Waals surface area contributed by atoms with Crippen molar-refractivity contribution in [3.05, 3.63) is 47.5 Å². The summed E-state index contributed by atoms with van der Waals surface area (Å²) >= 11 is 0. The van der Waals surface area contributed by atoms with Crippen LogP contribution in [0.4, 0.5) is 0 Å². The minimum Gasteiger partial charge on any atom is -0.508 e. The molecule has 10 atom stereocenters. The van der Waals surface area contributed by atoms with Crippen LogP contribution in [0.1, 0.15) is 29.3 Å². The van der Waals surface area contributed by atoms with Gasteiger partial charge in [0.15, 0.2) is 18.2 Å². The SMILES string of the molecule is CC1OC(OC2C(Oc3cc(O)c(C(=O)CCc4ccc(O)cc4)c(O)c3)OC(CO)C(O)C2O)C(O)C(O)C1O.Cl.Cl. The summed E-state index contributed by atoms with van der Waals surface area (Å²) in [6, 6.07) is 8.22. The van der Waals surface area contributed by atoms with Gasteiger partial charge in [-0.1, -0.05) is 12.1 Å². The molecule has 0 amide bonds. The third-order valence-electron chi connectivity index (χ3n) is 7.10. The number of aliphatic hydroxyl groups is 6. The number of aryl methyl sites for hydroxylation is 1. The van der Waals surface area contributed by atoms with E-state index in [4.69, 9.17) is 18.9 Å². The van der Waals surface area contributed by atoms with Gasteiger partial charge in [-0.05, 0) is 31.0 Å². The highest BCUT2D eigenvalue weighted by atomic mass is 35.5. The number of Topliss-reactive ketones (excluding diaryl/α,β-unsaturated/α-hetero) is 1. The zero-order valence-electron chi connectivity index (χ0n) is 22.7. The van der Waals surface area contributed by atoms with Gasteiger partial charge in [-0.3, -0.25) is 4.79 Å². The molecule has 2 heterocycles. The molecule has 2 aromatic carbocycles. The van der Waals surface area contributed by atoms with Crippen LogP contribution in [0.3, 0.4) is 0 Å². The Bertz CT molecular complexity index is 1180. The molecule has 0 spiro atoms. The van der Waals surface area contributed by atoms with Crippen LogP contribution in [-0.4, -0.2) is 120 Å². The molecule has 0 aliphatic carbocycles. The Labute approximate surface area is 258 Å². The molecule has 14 nitrogen and oxygen atoms in total.